The van der Waals surface area contributed by atoms with Crippen LogP contribution in [0.1, 0.15) is 44.6 Å². The van der Waals surface area contributed by atoms with Crippen molar-refractivity contribution in [1.29, 1.82) is 0 Å². The second-order valence-corrected chi connectivity index (χ2v) is 8.95. The van der Waals surface area contributed by atoms with Crippen molar-refractivity contribution in [2.24, 2.45) is 0 Å². The predicted octanol–water partition coefficient (Wildman–Crippen LogP) is 5.50. The highest BCUT2D eigenvalue weighted by molar-refractivity contribution is 7.98. The van der Waals surface area contributed by atoms with Crippen LogP contribution in [-0.2, 0) is 12.2 Å². The molecule has 1 heterocycles. The smallest absolute Gasteiger partial charge is 0.254 e. The standard InChI is InChI=1S/C22H22N2OS2/c1-15-23-18(13-26-15)14-27-19-10-7-17(8-11-19)22(25)24(2)21-12-9-16-5-3-4-6-20(16)21/h3-8,10-11,13,21H,9,12,14H2,1-2H3. The summed E-state index contributed by atoms with van der Waals surface area (Å²) in [5, 5.41) is 3.21. The highest BCUT2D eigenvalue weighted by Gasteiger charge is 2.28. The number of thiazole rings is 1. The largest absolute Gasteiger partial charge is 0.335 e. The summed E-state index contributed by atoms with van der Waals surface area (Å²) >= 11 is 3.43. The van der Waals surface area contributed by atoms with Gasteiger partial charge in [-0.05, 0) is 55.2 Å². The van der Waals surface area contributed by atoms with Crippen molar-refractivity contribution >= 4 is 29.0 Å². The van der Waals surface area contributed by atoms with Gasteiger partial charge in [-0.2, -0.15) is 0 Å². The Bertz CT molecular complexity index is 949. The first kappa shape index (κ1) is 18.3. The fourth-order valence-corrected chi connectivity index (χ4v) is 5.12. The number of nitrogens with zero attached hydrogens (tertiary/aromatic N) is 2. The Balaban J connectivity index is 1.42. The fourth-order valence-electron chi connectivity index (χ4n) is 3.61. The zero-order valence-corrected chi connectivity index (χ0v) is 17.1. The summed E-state index contributed by atoms with van der Waals surface area (Å²) in [6.07, 6.45) is 2.05. The van der Waals surface area contributed by atoms with Gasteiger partial charge in [-0.25, -0.2) is 4.98 Å². The van der Waals surface area contributed by atoms with E-state index in [2.05, 4.69) is 34.6 Å². The SMILES string of the molecule is Cc1nc(CSc2ccc(C(=O)N(C)C3CCc4ccccc43)cc2)cs1. The maximum absolute atomic E-state index is 12.9. The van der Waals surface area contributed by atoms with E-state index in [0.29, 0.717) is 0 Å². The topological polar surface area (TPSA) is 33.2 Å². The third-order valence-electron chi connectivity index (χ3n) is 5.04. The van der Waals surface area contributed by atoms with Crippen LogP contribution in [0.15, 0.2) is 58.8 Å². The molecule has 0 saturated heterocycles. The number of rotatable bonds is 5. The molecular weight excluding hydrogens is 372 g/mol. The van der Waals surface area contributed by atoms with E-state index < -0.39 is 0 Å². The molecule has 1 atom stereocenters. The summed E-state index contributed by atoms with van der Waals surface area (Å²) in [5.41, 5.74) is 4.52. The molecule has 1 amide bonds. The monoisotopic (exact) mass is 394 g/mol. The molecular formula is C22H22N2OS2. The molecule has 0 N–H and O–H groups in total. The Morgan fingerprint density at radius 2 is 2.00 bits per heavy atom. The molecule has 5 heteroatoms. The van der Waals surface area contributed by atoms with E-state index in [9.17, 15) is 4.79 Å². The van der Waals surface area contributed by atoms with Crippen LogP contribution in [0.2, 0.25) is 0 Å². The zero-order chi connectivity index (χ0) is 18.8. The molecule has 27 heavy (non-hydrogen) atoms. The Morgan fingerprint density at radius 3 is 2.74 bits per heavy atom. The van der Waals surface area contributed by atoms with Gasteiger partial charge in [0.15, 0.2) is 0 Å². The van der Waals surface area contributed by atoms with Crippen molar-refractivity contribution in [3.63, 3.8) is 0 Å². The van der Waals surface area contributed by atoms with Gasteiger partial charge >= 0.3 is 0 Å². The first-order valence-electron chi connectivity index (χ1n) is 9.10. The molecule has 0 spiro atoms. The van der Waals surface area contributed by atoms with Crippen LogP contribution in [0.5, 0.6) is 0 Å². The third kappa shape index (κ3) is 3.94. The molecule has 2 aromatic carbocycles. The maximum atomic E-state index is 12.9. The van der Waals surface area contributed by atoms with E-state index in [1.165, 1.54) is 11.1 Å². The van der Waals surface area contributed by atoms with Crippen LogP contribution < -0.4 is 0 Å². The quantitative estimate of drug-likeness (QED) is 0.536. The molecule has 4 rings (SSSR count). The molecule has 0 bridgehead atoms. The molecule has 3 aromatic rings. The molecule has 0 aliphatic heterocycles. The predicted molar refractivity (Wildman–Crippen MR) is 112 cm³/mol. The summed E-state index contributed by atoms with van der Waals surface area (Å²) in [7, 11) is 1.92. The average molecular weight is 395 g/mol. The summed E-state index contributed by atoms with van der Waals surface area (Å²) in [5.74, 6) is 0.944. The van der Waals surface area contributed by atoms with Gasteiger partial charge < -0.3 is 4.90 Å². The zero-order valence-electron chi connectivity index (χ0n) is 15.5. The number of thioether (sulfide) groups is 1. The Hall–Kier alpha value is -2.11. The van der Waals surface area contributed by atoms with Crippen LogP contribution in [-0.4, -0.2) is 22.8 Å². The van der Waals surface area contributed by atoms with Crippen LogP contribution >= 0.6 is 23.1 Å². The number of benzene rings is 2. The second-order valence-electron chi connectivity index (χ2n) is 6.84. The third-order valence-corrected chi connectivity index (χ3v) is 6.91. The van der Waals surface area contributed by atoms with Gasteiger partial charge in [0, 0.05) is 28.6 Å². The minimum absolute atomic E-state index is 0.0865. The van der Waals surface area contributed by atoms with Gasteiger partial charge in [0.1, 0.15) is 0 Å². The number of hydrogen-bond acceptors (Lipinski definition) is 4. The molecule has 1 aromatic heterocycles. The van der Waals surface area contributed by atoms with E-state index in [0.717, 1.165) is 39.8 Å². The number of carbonyl (C=O) groups excluding carboxylic acids is 1. The van der Waals surface area contributed by atoms with E-state index in [1.54, 1.807) is 23.1 Å². The van der Waals surface area contributed by atoms with Gasteiger partial charge in [0.2, 0.25) is 0 Å². The Morgan fingerprint density at radius 1 is 1.22 bits per heavy atom. The normalized spacial score (nSPS) is 15.6. The summed E-state index contributed by atoms with van der Waals surface area (Å²) in [6, 6.07) is 16.6. The van der Waals surface area contributed by atoms with E-state index in [4.69, 9.17) is 0 Å². The summed E-state index contributed by atoms with van der Waals surface area (Å²) in [6.45, 7) is 2.03. The first-order chi connectivity index (χ1) is 13.1. The molecule has 1 unspecified atom stereocenters. The summed E-state index contributed by atoms with van der Waals surface area (Å²) in [4.78, 5) is 20.5. The minimum atomic E-state index is 0.0865. The first-order valence-corrected chi connectivity index (χ1v) is 11.0. The minimum Gasteiger partial charge on any atom is -0.335 e. The van der Waals surface area contributed by atoms with Gasteiger partial charge in [0.05, 0.1) is 16.7 Å². The van der Waals surface area contributed by atoms with Gasteiger partial charge in [-0.15, -0.1) is 23.1 Å². The van der Waals surface area contributed by atoms with E-state index in [1.807, 2.05) is 43.1 Å². The number of hydrogen-bond donors (Lipinski definition) is 0. The lowest BCUT2D eigenvalue weighted by Crippen LogP contribution is -2.30. The second kappa shape index (κ2) is 7.87. The van der Waals surface area contributed by atoms with Crippen molar-refractivity contribution < 1.29 is 4.79 Å². The Labute approximate surface area is 168 Å². The van der Waals surface area contributed by atoms with Crippen LogP contribution in [0.3, 0.4) is 0 Å². The fraction of sp³-hybridized carbons (Fsp3) is 0.273. The van der Waals surface area contributed by atoms with Gasteiger partial charge in [-0.1, -0.05) is 24.3 Å². The molecule has 0 fully saturated rings. The lowest BCUT2D eigenvalue weighted by atomic mass is 10.1. The molecule has 0 saturated carbocycles. The van der Waals surface area contributed by atoms with Crippen molar-refractivity contribution in [1.82, 2.24) is 9.88 Å². The summed E-state index contributed by atoms with van der Waals surface area (Å²) < 4.78 is 0. The molecule has 1 aliphatic rings. The average Bonchev–Trinajstić information content (AvgIpc) is 3.31. The van der Waals surface area contributed by atoms with Gasteiger partial charge in [-0.3, -0.25) is 4.79 Å². The molecule has 138 valence electrons. The maximum Gasteiger partial charge on any atom is 0.254 e. The highest BCUT2D eigenvalue weighted by Crippen LogP contribution is 2.35. The van der Waals surface area contributed by atoms with Crippen molar-refractivity contribution in [3.05, 3.63) is 81.3 Å². The lowest BCUT2D eigenvalue weighted by molar-refractivity contribution is 0.0730. The molecule has 0 radical (unpaired) electrons. The van der Waals surface area contributed by atoms with Crippen LogP contribution in [0, 0.1) is 6.92 Å². The number of aromatic nitrogens is 1. The Kier molecular flexibility index (Phi) is 5.32. The van der Waals surface area contributed by atoms with Gasteiger partial charge in [0.25, 0.3) is 5.91 Å². The van der Waals surface area contributed by atoms with E-state index in [-0.39, 0.29) is 11.9 Å². The number of aryl methyl sites for hydroxylation is 2. The lowest BCUT2D eigenvalue weighted by Gasteiger charge is -2.25. The van der Waals surface area contributed by atoms with Crippen molar-refractivity contribution in [2.75, 3.05) is 7.05 Å². The number of amides is 1. The number of carbonyl (C=O) groups is 1. The van der Waals surface area contributed by atoms with Crippen molar-refractivity contribution in [3.8, 4) is 0 Å². The highest BCUT2D eigenvalue weighted by atomic mass is 32.2. The van der Waals surface area contributed by atoms with Crippen LogP contribution in [0.4, 0.5) is 0 Å². The molecule has 3 nitrogen and oxygen atoms in total. The number of fused-ring (bicyclic) bond motifs is 1. The van der Waals surface area contributed by atoms with E-state index >= 15 is 0 Å². The molecule has 1 aliphatic carbocycles. The van der Waals surface area contributed by atoms with Crippen molar-refractivity contribution in [2.45, 2.75) is 36.5 Å². The van der Waals surface area contributed by atoms with Crippen LogP contribution in [0.25, 0.3) is 0 Å².